The smallest absolute Gasteiger partial charge is 0.335 e. The van der Waals surface area contributed by atoms with E-state index in [4.69, 9.17) is 9.52 Å². The van der Waals surface area contributed by atoms with Gasteiger partial charge in [0.1, 0.15) is 11.2 Å². The summed E-state index contributed by atoms with van der Waals surface area (Å²) in [7, 11) is 0. The average molecular weight is 330 g/mol. The maximum atomic E-state index is 12.6. The lowest BCUT2D eigenvalue weighted by atomic mass is 10.1. The molecule has 0 aliphatic rings. The molecule has 0 amide bonds. The minimum Gasteiger partial charge on any atom is -0.478 e. The second kappa shape index (κ2) is 6.06. The molecule has 0 saturated carbocycles. The van der Waals surface area contributed by atoms with Crippen LogP contribution in [0, 0.1) is 0 Å². The normalized spacial score (nSPS) is 12.6. The van der Waals surface area contributed by atoms with Crippen LogP contribution in [0.15, 0.2) is 50.5 Å². The van der Waals surface area contributed by atoms with Crippen molar-refractivity contribution in [2.24, 2.45) is 0 Å². The first kappa shape index (κ1) is 15.6. The van der Waals surface area contributed by atoms with E-state index in [0.29, 0.717) is 22.3 Å². The highest BCUT2D eigenvalue weighted by molar-refractivity contribution is 7.99. The van der Waals surface area contributed by atoms with E-state index in [0.717, 1.165) is 4.90 Å². The first-order valence-corrected chi connectivity index (χ1v) is 7.99. The Morgan fingerprint density at radius 3 is 2.48 bits per heavy atom. The van der Waals surface area contributed by atoms with Gasteiger partial charge in [-0.15, -0.1) is 11.8 Å². The van der Waals surface area contributed by atoms with Gasteiger partial charge in [0.25, 0.3) is 0 Å². The summed E-state index contributed by atoms with van der Waals surface area (Å²) in [6, 6.07) is 9.49. The van der Waals surface area contributed by atoms with Gasteiger partial charge in [-0.2, -0.15) is 0 Å². The molecule has 3 aromatic rings. The molecule has 0 saturated heterocycles. The summed E-state index contributed by atoms with van der Waals surface area (Å²) >= 11 is 1.44. The Kier molecular flexibility index (Phi) is 4.11. The number of aromatic carboxylic acids is 1. The van der Waals surface area contributed by atoms with Gasteiger partial charge in [-0.05, 0) is 43.3 Å². The van der Waals surface area contributed by atoms with Crippen LogP contribution in [-0.4, -0.2) is 28.0 Å². The van der Waals surface area contributed by atoms with Crippen LogP contribution in [0.1, 0.15) is 17.3 Å². The summed E-state index contributed by atoms with van der Waals surface area (Å²) in [5.74, 6) is -0.569. The van der Waals surface area contributed by atoms with Crippen LogP contribution in [0.3, 0.4) is 0 Å². The van der Waals surface area contributed by atoms with E-state index < -0.39 is 12.1 Å². The first-order valence-electron chi connectivity index (χ1n) is 7.00. The topological polar surface area (TPSA) is 87.7 Å². The highest BCUT2D eigenvalue weighted by Crippen LogP contribution is 2.25. The number of carboxylic acid groups (broad SMARTS) is 1. The molecule has 0 aliphatic heterocycles. The van der Waals surface area contributed by atoms with Crippen molar-refractivity contribution < 1.29 is 19.4 Å². The van der Waals surface area contributed by atoms with Crippen LogP contribution >= 0.6 is 11.8 Å². The number of aliphatic hydroxyl groups excluding tert-OH is 1. The monoisotopic (exact) mass is 330 g/mol. The summed E-state index contributed by atoms with van der Waals surface area (Å²) in [6.07, 6.45) is -0.443. The van der Waals surface area contributed by atoms with Crippen molar-refractivity contribution in [2.45, 2.75) is 17.9 Å². The fraction of sp³-hybridized carbons (Fsp3) is 0.176. The summed E-state index contributed by atoms with van der Waals surface area (Å²) in [6.45, 7) is 1.70. The van der Waals surface area contributed by atoms with Crippen LogP contribution in [0.2, 0.25) is 0 Å². The van der Waals surface area contributed by atoms with Crippen molar-refractivity contribution >= 4 is 39.7 Å². The van der Waals surface area contributed by atoms with Gasteiger partial charge in [0.15, 0.2) is 0 Å². The minimum atomic E-state index is -1.09. The van der Waals surface area contributed by atoms with Crippen molar-refractivity contribution in [3.05, 3.63) is 52.2 Å². The molecule has 0 fully saturated rings. The highest BCUT2D eigenvalue weighted by atomic mass is 32.2. The fourth-order valence-electron chi connectivity index (χ4n) is 2.28. The van der Waals surface area contributed by atoms with Crippen LogP contribution in [0.4, 0.5) is 0 Å². The Morgan fingerprint density at radius 2 is 1.83 bits per heavy atom. The highest BCUT2D eigenvalue weighted by Gasteiger charge is 2.12. The van der Waals surface area contributed by atoms with Gasteiger partial charge < -0.3 is 14.6 Å². The zero-order valence-electron chi connectivity index (χ0n) is 12.3. The van der Waals surface area contributed by atoms with Gasteiger partial charge in [-0.3, -0.25) is 4.79 Å². The lowest BCUT2D eigenvalue weighted by Gasteiger charge is -2.06. The predicted octanol–water partition coefficient (Wildman–Crippen LogP) is 3.12. The van der Waals surface area contributed by atoms with Crippen LogP contribution in [0.25, 0.3) is 21.9 Å². The number of thioether (sulfide) groups is 1. The second-order valence-electron chi connectivity index (χ2n) is 5.27. The zero-order valence-corrected chi connectivity index (χ0v) is 13.1. The molecule has 1 heterocycles. The quantitative estimate of drug-likeness (QED) is 0.564. The third kappa shape index (κ3) is 3.09. The molecule has 0 bridgehead atoms. The number of rotatable bonds is 4. The lowest BCUT2D eigenvalue weighted by molar-refractivity contribution is 0.0697. The molecule has 1 atom stereocenters. The molecule has 2 N–H and O–H groups in total. The van der Waals surface area contributed by atoms with Gasteiger partial charge in [-0.25, -0.2) is 4.79 Å². The van der Waals surface area contributed by atoms with Crippen molar-refractivity contribution in [3.63, 3.8) is 0 Å². The number of hydrogen-bond donors (Lipinski definition) is 2. The summed E-state index contributed by atoms with van der Waals surface area (Å²) < 4.78 is 5.69. The minimum absolute atomic E-state index is 0.0452. The molecule has 0 radical (unpaired) electrons. The number of carboxylic acids is 1. The molecule has 118 valence electrons. The van der Waals surface area contributed by atoms with Gasteiger partial charge in [0.2, 0.25) is 5.43 Å². The molecule has 6 heteroatoms. The Bertz CT molecular complexity index is 958. The Balaban J connectivity index is 2.18. The second-order valence-corrected chi connectivity index (χ2v) is 6.36. The number of aliphatic hydroxyl groups is 1. The summed E-state index contributed by atoms with van der Waals surface area (Å²) in [5, 5.41) is 19.0. The van der Waals surface area contributed by atoms with Gasteiger partial charge in [0, 0.05) is 10.6 Å². The third-order valence-corrected chi connectivity index (χ3v) is 4.61. The van der Waals surface area contributed by atoms with Gasteiger partial charge in [-0.1, -0.05) is 0 Å². The molecule has 0 aliphatic carbocycles. The van der Waals surface area contributed by atoms with Crippen LogP contribution < -0.4 is 5.43 Å². The molecule has 2 aromatic carbocycles. The fourth-order valence-corrected chi connectivity index (χ4v) is 3.07. The van der Waals surface area contributed by atoms with E-state index in [1.807, 2.05) is 6.07 Å². The van der Waals surface area contributed by atoms with Crippen LogP contribution in [0.5, 0.6) is 0 Å². The number of benzene rings is 2. The Labute approximate surface area is 135 Å². The van der Waals surface area contributed by atoms with E-state index in [2.05, 4.69) is 0 Å². The standard InChI is InChI=1S/C17H14O5S/c1-9(18)8-23-11-3-5-15-13(7-11)16(19)12-6-10(17(20)21)2-4-14(12)22-15/h2-7,9,18H,8H2,1H3,(H,20,21). The molecule has 23 heavy (non-hydrogen) atoms. The van der Waals surface area contributed by atoms with E-state index in [1.165, 1.54) is 30.0 Å². The molecular weight excluding hydrogens is 316 g/mol. The van der Waals surface area contributed by atoms with E-state index in [9.17, 15) is 14.7 Å². The van der Waals surface area contributed by atoms with E-state index in [-0.39, 0.29) is 16.4 Å². The SMILES string of the molecule is CC(O)CSc1ccc2oc3ccc(C(=O)O)cc3c(=O)c2c1. The maximum Gasteiger partial charge on any atom is 0.335 e. The maximum absolute atomic E-state index is 12.6. The van der Waals surface area contributed by atoms with E-state index >= 15 is 0 Å². The zero-order chi connectivity index (χ0) is 16.6. The molecule has 3 rings (SSSR count). The van der Waals surface area contributed by atoms with Crippen molar-refractivity contribution in [3.8, 4) is 0 Å². The lowest BCUT2D eigenvalue weighted by Crippen LogP contribution is -2.05. The summed E-state index contributed by atoms with van der Waals surface area (Å²) in [4.78, 5) is 24.6. The summed E-state index contributed by atoms with van der Waals surface area (Å²) in [5.41, 5.74) is 0.594. The van der Waals surface area contributed by atoms with Gasteiger partial charge >= 0.3 is 5.97 Å². The first-order chi connectivity index (χ1) is 11.0. The molecular formula is C17H14O5S. The van der Waals surface area contributed by atoms with Crippen molar-refractivity contribution in [2.75, 3.05) is 5.75 Å². The van der Waals surface area contributed by atoms with Gasteiger partial charge in [0.05, 0.1) is 22.4 Å². The number of carbonyl (C=O) groups is 1. The molecule has 0 spiro atoms. The third-order valence-electron chi connectivity index (χ3n) is 3.38. The van der Waals surface area contributed by atoms with Crippen molar-refractivity contribution in [1.29, 1.82) is 0 Å². The van der Waals surface area contributed by atoms with E-state index in [1.54, 1.807) is 19.1 Å². The number of fused-ring (bicyclic) bond motifs is 2. The Hall–Kier alpha value is -2.31. The number of hydrogen-bond acceptors (Lipinski definition) is 5. The molecule has 5 nitrogen and oxygen atoms in total. The Morgan fingerprint density at radius 1 is 1.17 bits per heavy atom. The predicted molar refractivity (Wildman–Crippen MR) is 89.4 cm³/mol. The van der Waals surface area contributed by atoms with Crippen molar-refractivity contribution in [1.82, 2.24) is 0 Å². The largest absolute Gasteiger partial charge is 0.478 e. The van der Waals surface area contributed by atoms with Crippen LogP contribution in [-0.2, 0) is 0 Å². The molecule has 1 unspecified atom stereocenters. The molecule has 1 aromatic heterocycles. The average Bonchev–Trinajstić information content (AvgIpc) is 2.53.